The van der Waals surface area contributed by atoms with Gasteiger partial charge in [-0.1, -0.05) is 0 Å². The van der Waals surface area contributed by atoms with Crippen molar-refractivity contribution in [2.75, 3.05) is 26.3 Å². The minimum atomic E-state index is 0.115. The number of nitrogens with zero attached hydrogens (tertiary/aromatic N) is 2. The van der Waals surface area contributed by atoms with Gasteiger partial charge in [0.2, 0.25) is 0 Å². The topological polar surface area (TPSA) is 67.5 Å². The minimum Gasteiger partial charge on any atom is -0.490 e. The standard InChI is InChI=1S/C21H27N3O3/c25-21(24-11-5-16(6-12-24)15-20-22-9-10-23-20)17-1-3-18(4-2-17)27-19-7-13-26-14-8-19/h1-4,9-10,16,19H,5-8,11-15H2,(H,22,23). The molecule has 4 rings (SSSR count). The molecular formula is C21H27N3O3. The zero-order valence-electron chi connectivity index (χ0n) is 15.6. The number of nitrogens with one attached hydrogen (secondary N) is 1. The second-order valence-corrected chi connectivity index (χ2v) is 7.43. The Bertz CT molecular complexity index is 716. The van der Waals surface area contributed by atoms with Gasteiger partial charge in [-0.2, -0.15) is 0 Å². The van der Waals surface area contributed by atoms with E-state index in [9.17, 15) is 4.79 Å². The van der Waals surface area contributed by atoms with Gasteiger partial charge in [-0.3, -0.25) is 4.79 Å². The van der Waals surface area contributed by atoms with Crippen molar-refractivity contribution in [3.8, 4) is 5.75 Å². The molecule has 0 bridgehead atoms. The van der Waals surface area contributed by atoms with E-state index in [1.165, 1.54) is 0 Å². The molecule has 0 saturated carbocycles. The van der Waals surface area contributed by atoms with E-state index < -0.39 is 0 Å². The molecule has 6 nitrogen and oxygen atoms in total. The number of piperidine rings is 1. The van der Waals surface area contributed by atoms with Crippen LogP contribution >= 0.6 is 0 Å². The smallest absolute Gasteiger partial charge is 0.253 e. The predicted molar refractivity (Wildman–Crippen MR) is 102 cm³/mol. The summed E-state index contributed by atoms with van der Waals surface area (Å²) in [5, 5.41) is 0. The molecule has 144 valence electrons. The normalized spacial score (nSPS) is 19.2. The molecule has 1 N–H and O–H groups in total. The van der Waals surface area contributed by atoms with Gasteiger partial charge in [-0.25, -0.2) is 4.98 Å². The van der Waals surface area contributed by atoms with Crippen molar-refractivity contribution in [1.82, 2.24) is 14.9 Å². The third kappa shape index (κ3) is 4.69. The van der Waals surface area contributed by atoms with Crippen LogP contribution in [0, 0.1) is 5.92 Å². The van der Waals surface area contributed by atoms with E-state index in [0.29, 0.717) is 5.92 Å². The van der Waals surface area contributed by atoms with Crippen molar-refractivity contribution in [3.63, 3.8) is 0 Å². The Morgan fingerprint density at radius 1 is 1.15 bits per heavy atom. The fourth-order valence-electron chi connectivity index (χ4n) is 3.87. The van der Waals surface area contributed by atoms with Gasteiger partial charge in [-0.05, 0) is 43.0 Å². The molecule has 2 fully saturated rings. The lowest BCUT2D eigenvalue weighted by Gasteiger charge is -2.31. The Hall–Kier alpha value is -2.34. The number of amides is 1. The van der Waals surface area contributed by atoms with Crippen LogP contribution in [0.1, 0.15) is 41.9 Å². The lowest BCUT2D eigenvalue weighted by Crippen LogP contribution is -2.39. The number of carbonyl (C=O) groups excluding carboxylic acids is 1. The van der Waals surface area contributed by atoms with Gasteiger partial charge in [0, 0.05) is 50.3 Å². The van der Waals surface area contributed by atoms with E-state index in [1.54, 1.807) is 6.20 Å². The second kappa shape index (κ2) is 8.57. The van der Waals surface area contributed by atoms with E-state index in [1.807, 2.05) is 35.4 Å². The number of hydrogen-bond donors (Lipinski definition) is 1. The number of imidazole rings is 1. The fraction of sp³-hybridized carbons (Fsp3) is 0.524. The average molecular weight is 369 g/mol. The van der Waals surface area contributed by atoms with Crippen LogP contribution in [-0.2, 0) is 11.2 Å². The van der Waals surface area contributed by atoms with Crippen LogP contribution in [-0.4, -0.2) is 53.2 Å². The van der Waals surface area contributed by atoms with Crippen LogP contribution in [0.2, 0.25) is 0 Å². The first-order valence-electron chi connectivity index (χ1n) is 9.90. The molecule has 1 amide bonds. The molecule has 0 atom stereocenters. The lowest BCUT2D eigenvalue weighted by molar-refractivity contribution is 0.0255. The number of benzene rings is 1. The van der Waals surface area contributed by atoms with Gasteiger partial charge >= 0.3 is 0 Å². The summed E-state index contributed by atoms with van der Waals surface area (Å²) in [6, 6.07) is 7.58. The maximum absolute atomic E-state index is 12.8. The van der Waals surface area contributed by atoms with Gasteiger partial charge < -0.3 is 19.4 Å². The van der Waals surface area contributed by atoms with E-state index in [-0.39, 0.29) is 12.0 Å². The van der Waals surface area contributed by atoms with E-state index in [4.69, 9.17) is 9.47 Å². The van der Waals surface area contributed by atoms with Crippen molar-refractivity contribution in [2.45, 2.75) is 38.2 Å². The third-order valence-electron chi connectivity index (χ3n) is 5.51. The molecule has 3 heterocycles. The molecule has 0 unspecified atom stereocenters. The van der Waals surface area contributed by atoms with Crippen LogP contribution in [0.15, 0.2) is 36.7 Å². The molecule has 0 spiro atoms. The number of aromatic nitrogens is 2. The van der Waals surface area contributed by atoms with Crippen LogP contribution < -0.4 is 4.74 Å². The predicted octanol–water partition coefficient (Wildman–Crippen LogP) is 3.06. The minimum absolute atomic E-state index is 0.115. The Morgan fingerprint density at radius 3 is 2.56 bits per heavy atom. The zero-order chi connectivity index (χ0) is 18.5. The first-order valence-corrected chi connectivity index (χ1v) is 9.90. The summed E-state index contributed by atoms with van der Waals surface area (Å²) in [7, 11) is 0. The Morgan fingerprint density at radius 2 is 1.89 bits per heavy atom. The molecule has 2 aromatic rings. The van der Waals surface area contributed by atoms with Gasteiger partial charge in [0.15, 0.2) is 0 Å². The van der Waals surface area contributed by atoms with Crippen molar-refractivity contribution in [3.05, 3.63) is 48.0 Å². The second-order valence-electron chi connectivity index (χ2n) is 7.43. The SMILES string of the molecule is O=C(c1ccc(OC2CCOCC2)cc1)N1CCC(Cc2ncc[nH]2)CC1. The molecule has 1 aromatic heterocycles. The summed E-state index contributed by atoms with van der Waals surface area (Å²) < 4.78 is 11.3. The number of aromatic amines is 1. The highest BCUT2D eigenvalue weighted by Crippen LogP contribution is 2.23. The summed E-state index contributed by atoms with van der Waals surface area (Å²) in [5.41, 5.74) is 0.735. The first kappa shape index (κ1) is 18.0. The summed E-state index contributed by atoms with van der Waals surface area (Å²) in [4.78, 5) is 22.2. The van der Waals surface area contributed by atoms with Crippen LogP contribution in [0.25, 0.3) is 0 Å². The summed E-state index contributed by atoms with van der Waals surface area (Å²) in [5.74, 6) is 2.58. The summed E-state index contributed by atoms with van der Waals surface area (Å²) in [6.45, 7) is 3.14. The maximum Gasteiger partial charge on any atom is 0.253 e. The quantitative estimate of drug-likeness (QED) is 0.880. The Labute approximate surface area is 159 Å². The highest BCUT2D eigenvalue weighted by molar-refractivity contribution is 5.94. The van der Waals surface area contributed by atoms with Gasteiger partial charge in [0.1, 0.15) is 17.7 Å². The van der Waals surface area contributed by atoms with Crippen molar-refractivity contribution in [2.24, 2.45) is 5.92 Å². The Balaban J connectivity index is 1.28. The van der Waals surface area contributed by atoms with Crippen LogP contribution in [0.4, 0.5) is 0 Å². The van der Waals surface area contributed by atoms with Crippen LogP contribution in [0.5, 0.6) is 5.75 Å². The molecular weight excluding hydrogens is 342 g/mol. The highest BCUT2D eigenvalue weighted by Gasteiger charge is 2.24. The first-order chi connectivity index (χ1) is 13.3. The number of ether oxygens (including phenoxy) is 2. The third-order valence-corrected chi connectivity index (χ3v) is 5.51. The molecule has 1 aromatic carbocycles. The molecule has 0 radical (unpaired) electrons. The van der Waals surface area contributed by atoms with E-state index in [2.05, 4.69) is 9.97 Å². The molecule has 0 aliphatic carbocycles. The van der Waals surface area contributed by atoms with E-state index in [0.717, 1.165) is 75.5 Å². The Kier molecular flexibility index (Phi) is 5.72. The monoisotopic (exact) mass is 369 g/mol. The zero-order valence-corrected chi connectivity index (χ0v) is 15.6. The number of rotatable bonds is 5. The highest BCUT2D eigenvalue weighted by atomic mass is 16.5. The lowest BCUT2D eigenvalue weighted by atomic mass is 9.93. The van der Waals surface area contributed by atoms with Gasteiger partial charge in [0.25, 0.3) is 5.91 Å². The van der Waals surface area contributed by atoms with Crippen LogP contribution in [0.3, 0.4) is 0 Å². The van der Waals surface area contributed by atoms with E-state index >= 15 is 0 Å². The summed E-state index contributed by atoms with van der Waals surface area (Å²) >= 11 is 0. The average Bonchev–Trinajstić information content (AvgIpc) is 3.22. The van der Waals surface area contributed by atoms with Crippen molar-refractivity contribution >= 4 is 5.91 Å². The molecule has 27 heavy (non-hydrogen) atoms. The van der Waals surface area contributed by atoms with Gasteiger partial charge in [0.05, 0.1) is 13.2 Å². The number of hydrogen-bond acceptors (Lipinski definition) is 4. The van der Waals surface area contributed by atoms with Crippen molar-refractivity contribution < 1.29 is 14.3 Å². The number of H-pyrrole nitrogens is 1. The molecule has 2 saturated heterocycles. The fourth-order valence-corrected chi connectivity index (χ4v) is 3.87. The number of likely N-dealkylation sites (tertiary alicyclic amines) is 1. The maximum atomic E-state index is 12.8. The summed E-state index contributed by atoms with van der Waals surface area (Å²) in [6.07, 6.45) is 8.74. The number of carbonyl (C=O) groups is 1. The molecule has 2 aliphatic rings. The van der Waals surface area contributed by atoms with Gasteiger partial charge in [-0.15, -0.1) is 0 Å². The largest absolute Gasteiger partial charge is 0.490 e. The molecule has 6 heteroatoms. The van der Waals surface area contributed by atoms with Crippen molar-refractivity contribution in [1.29, 1.82) is 0 Å². The molecule has 2 aliphatic heterocycles.